The maximum absolute atomic E-state index is 6.04. The first-order valence-electron chi connectivity index (χ1n) is 6.31. The Kier molecular flexibility index (Phi) is 2.83. The van der Waals surface area contributed by atoms with Crippen LogP contribution in [0.1, 0.15) is 38.1 Å². The highest BCUT2D eigenvalue weighted by atomic mass is 35.5. The van der Waals surface area contributed by atoms with Gasteiger partial charge in [-0.1, -0.05) is 19.1 Å². The van der Waals surface area contributed by atoms with Gasteiger partial charge in [-0.25, -0.2) is 4.98 Å². The van der Waals surface area contributed by atoms with E-state index >= 15 is 0 Å². The third-order valence-electron chi connectivity index (χ3n) is 3.82. The number of hydrogen-bond donors (Lipinski definition) is 0. The summed E-state index contributed by atoms with van der Waals surface area (Å²) in [6, 6.07) is 8.93. The summed E-state index contributed by atoms with van der Waals surface area (Å²) in [5.74, 6) is 2.34. The lowest BCUT2D eigenvalue weighted by atomic mass is 10.1. The number of para-hydroxylation sites is 2. The molecule has 1 fully saturated rings. The summed E-state index contributed by atoms with van der Waals surface area (Å²) >= 11 is 6.04. The van der Waals surface area contributed by atoms with Gasteiger partial charge in [0.15, 0.2) is 0 Å². The van der Waals surface area contributed by atoms with Crippen molar-refractivity contribution in [1.82, 2.24) is 9.55 Å². The molecule has 1 heterocycles. The third kappa shape index (κ3) is 1.85. The van der Waals surface area contributed by atoms with Crippen LogP contribution in [0.15, 0.2) is 24.3 Å². The summed E-state index contributed by atoms with van der Waals surface area (Å²) in [6.07, 6.45) is 3.83. The lowest BCUT2D eigenvalue weighted by molar-refractivity contribution is 0.494. The first-order valence-corrected chi connectivity index (χ1v) is 6.85. The number of benzene rings is 1. The molecule has 0 bridgehead atoms. The summed E-state index contributed by atoms with van der Waals surface area (Å²) < 4.78 is 2.37. The van der Waals surface area contributed by atoms with E-state index in [-0.39, 0.29) is 0 Å². The van der Waals surface area contributed by atoms with Crippen LogP contribution in [0.4, 0.5) is 0 Å². The molecule has 0 aliphatic heterocycles. The zero-order chi connectivity index (χ0) is 11.8. The molecule has 90 valence electrons. The fourth-order valence-corrected chi connectivity index (χ4v) is 3.20. The Morgan fingerprint density at radius 2 is 2.18 bits per heavy atom. The average molecular weight is 249 g/mol. The van der Waals surface area contributed by atoms with Crippen LogP contribution in [0.3, 0.4) is 0 Å². The van der Waals surface area contributed by atoms with E-state index in [4.69, 9.17) is 11.6 Å². The molecule has 1 aromatic carbocycles. The van der Waals surface area contributed by atoms with Crippen LogP contribution in [0.25, 0.3) is 11.0 Å². The number of alkyl halides is 1. The van der Waals surface area contributed by atoms with Crippen molar-refractivity contribution in [3.8, 4) is 0 Å². The molecule has 1 aliphatic carbocycles. The van der Waals surface area contributed by atoms with Crippen molar-refractivity contribution in [3.63, 3.8) is 0 Å². The molecule has 2 aromatic rings. The van der Waals surface area contributed by atoms with E-state index < -0.39 is 0 Å². The van der Waals surface area contributed by atoms with E-state index in [0.29, 0.717) is 11.9 Å². The molecule has 17 heavy (non-hydrogen) atoms. The largest absolute Gasteiger partial charge is 0.324 e. The van der Waals surface area contributed by atoms with Crippen molar-refractivity contribution in [2.24, 2.45) is 5.92 Å². The van der Waals surface area contributed by atoms with Gasteiger partial charge < -0.3 is 4.57 Å². The number of aromatic nitrogens is 2. The summed E-state index contributed by atoms with van der Waals surface area (Å²) in [4.78, 5) is 4.63. The van der Waals surface area contributed by atoms with Crippen molar-refractivity contribution in [3.05, 3.63) is 30.1 Å². The molecule has 0 saturated heterocycles. The van der Waals surface area contributed by atoms with E-state index in [1.165, 1.54) is 24.8 Å². The number of imidazole rings is 1. The lowest BCUT2D eigenvalue weighted by Gasteiger charge is -2.15. The summed E-state index contributed by atoms with van der Waals surface area (Å²) in [6.45, 7) is 2.33. The van der Waals surface area contributed by atoms with Crippen molar-refractivity contribution >= 4 is 22.6 Å². The van der Waals surface area contributed by atoms with Gasteiger partial charge in [-0.2, -0.15) is 0 Å². The van der Waals surface area contributed by atoms with Crippen LogP contribution >= 0.6 is 11.6 Å². The fourth-order valence-electron chi connectivity index (χ4n) is 3.01. The van der Waals surface area contributed by atoms with Gasteiger partial charge in [0, 0.05) is 6.04 Å². The van der Waals surface area contributed by atoms with Crippen LogP contribution in [-0.4, -0.2) is 9.55 Å². The van der Waals surface area contributed by atoms with E-state index in [1.807, 2.05) is 6.07 Å². The third-order valence-corrected chi connectivity index (χ3v) is 4.06. The second-order valence-corrected chi connectivity index (χ2v) is 5.36. The van der Waals surface area contributed by atoms with Gasteiger partial charge in [0.25, 0.3) is 0 Å². The van der Waals surface area contributed by atoms with Gasteiger partial charge in [-0.15, -0.1) is 11.6 Å². The van der Waals surface area contributed by atoms with E-state index in [1.54, 1.807) is 0 Å². The molecule has 0 spiro atoms. The monoisotopic (exact) mass is 248 g/mol. The van der Waals surface area contributed by atoms with Crippen LogP contribution in [0, 0.1) is 5.92 Å². The zero-order valence-corrected chi connectivity index (χ0v) is 10.8. The predicted octanol–water partition coefficient (Wildman–Crippen LogP) is 4.14. The van der Waals surface area contributed by atoms with E-state index in [9.17, 15) is 0 Å². The van der Waals surface area contributed by atoms with Crippen molar-refractivity contribution < 1.29 is 0 Å². The Morgan fingerprint density at radius 1 is 1.35 bits per heavy atom. The van der Waals surface area contributed by atoms with Gasteiger partial charge in [-0.05, 0) is 37.3 Å². The lowest BCUT2D eigenvalue weighted by Crippen LogP contribution is -2.08. The Labute approximate surface area is 107 Å². The molecule has 0 amide bonds. The standard InChI is InChI=1S/C14H17ClN2/c1-10-6-7-11(8-10)17-13-5-3-2-4-12(13)16-14(17)9-15/h2-5,10-11H,6-9H2,1H3. The zero-order valence-electron chi connectivity index (χ0n) is 10.1. The summed E-state index contributed by atoms with van der Waals surface area (Å²) in [7, 11) is 0. The van der Waals surface area contributed by atoms with Crippen molar-refractivity contribution in [2.75, 3.05) is 0 Å². The Morgan fingerprint density at radius 3 is 2.88 bits per heavy atom. The minimum Gasteiger partial charge on any atom is -0.324 e. The van der Waals surface area contributed by atoms with Gasteiger partial charge in [-0.3, -0.25) is 0 Å². The molecule has 0 radical (unpaired) electrons. The summed E-state index contributed by atoms with van der Waals surface area (Å²) in [5, 5.41) is 0. The molecule has 1 aromatic heterocycles. The number of nitrogens with zero attached hydrogens (tertiary/aromatic N) is 2. The molecule has 0 N–H and O–H groups in total. The first-order chi connectivity index (χ1) is 8.29. The van der Waals surface area contributed by atoms with E-state index in [0.717, 1.165) is 17.3 Å². The predicted molar refractivity (Wildman–Crippen MR) is 71.3 cm³/mol. The highest BCUT2D eigenvalue weighted by Gasteiger charge is 2.25. The smallest absolute Gasteiger partial charge is 0.125 e. The second kappa shape index (κ2) is 4.34. The molecular formula is C14H17ClN2. The van der Waals surface area contributed by atoms with Gasteiger partial charge in [0.1, 0.15) is 5.82 Å². The Balaban J connectivity index is 2.12. The number of rotatable bonds is 2. The molecule has 1 aliphatic rings. The Bertz CT molecular complexity index is 532. The number of hydrogen-bond acceptors (Lipinski definition) is 1. The quantitative estimate of drug-likeness (QED) is 0.731. The molecular weight excluding hydrogens is 232 g/mol. The van der Waals surface area contributed by atoms with Crippen LogP contribution in [-0.2, 0) is 5.88 Å². The van der Waals surface area contributed by atoms with Gasteiger partial charge >= 0.3 is 0 Å². The molecule has 2 nitrogen and oxygen atoms in total. The maximum Gasteiger partial charge on any atom is 0.125 e. The normalized spacial score (nSPS) is 24.6. The number of fused-ring (bicyclic) bond motifs is 1. The first kappa shape index (κ1) is 11.1. The Hall–Kier alpha value is -1.02. The fraction of sp³-hybridized carbons (Fsp3) is 0.500. The molecule has 3 rings (SSSR count). The van der Waals surface area contributed by atoms with Crippen molar-refractivity contribution in [1.29, 1.82) is 0 Å². The van der Waals surface area contributed by atoms with Crippen molar-refractivity contribution in [2.45, 2.75) is 38.1 Å². The minimum atomic E-state index is 0.500. The van der Waals surface area contributed by atoms with Crippen LogP contribution in [0.5, 0.6) is 0 Å². The highest BCUT2D eigenvalue weighted by Crippen LogP contribution is 2.37. The topological polar surface area (TPSA) is 17.8 Å². The molecule has 2 unspecified atom stereocenters. The highest BCUT2D eigenvalue weighted by molar-refractivity contribution is 6.16. The summed E-state index contributed by atoms with van der Waals surface area (Å²) in [5.41, 5.74) is 2.31. The van der Waals surface area contributed by atoms with Crippen LogP contribution < -0.4 is 0 Å². The average Bonchev–Trinajstić information content (AvgIpc) is 2.91. The maximum atomic E-state index is 6.04. The van der Waals surface area contributed by atoms with E-state index in [2.05, 4.69) is 34.7 Å². The minimum absolute atomic E-state index is 0.500. The SMILES string of the molecule is CC1CCC(n2c(CCl)nc3ccccc32)C1. The van der Waals surface area contributed by atoms with Gasteiger partial charge in [0.05, 0.1) is 16.9 Å². The molecule has 2 atom stereocenters. The molecule has 3 heteroatoms. The van der Waals surface area contributed by atoms with Gasteiger partial charge in [0.2, 0.25) is 0 Å². The van der Waals surface area contributed by atoms with Crippen LogP contribution in [0.2, 0.25) is 0 Å². The molecule has 1 saturated carbocycles. The number of halogens is 1. The second-order valence-electron chi connectivity index (χ2n) is 5.09.